The van der Waals surface area contributed by atoms with E-state index in [0.717, 1.165) is 21.1 Å². The maximum absolute atomic E-state index is 12.7. The molecule has 0 bridgehead atoms. The maximum Gasteiger partial charge on any atom is 0.228 e. The van der Waals surface area contributed by atoms with Gasteiger partial charge in [0.05, 0.1) is 19.2 Å². The second-order valence-corrected chi connectivity index (χ2v) is 7.60. The summed E-state index contributed by atoms with van der Waals surface area (Å²) >= 11 is 1.57. The molecule has 4 rings (SSSR count). The predicted octanol–water partition coefficient (Wildman–Crippen LogP) is 4.80. The van der Waals surface area contributed by atoms with Crippen LogP contribution in [0.15, 0.2) is 76.5 Å². The molecule has 1 heterocycles. The average molecular weight is 407 g/mol. The summed E-state index contributed by atoms with van der Waals surface area (Å²) in [6.07, 6.45) is 0.251. The molecule has 0 radical (unpaired) electrons. The van der Waals surface area contributed by atoms with Gasteiger partial charge in [-0.05, 0) is 29.8 Å². The molecule has 0 saturated heterocycles. The van der Waals surface area contributed by atoms with Crippen molar-refractivity contribution in [1.82, 2.24) is 0 Å². The molecule has 0 aromatic heterocycles. The van der Waals surface area contributed by atoms with Crippen LogP contribution in [0.1, 0.15) is 5.56 Å². The molecule has 5 nitrogen and oxygen atoms in total. The topological polar surface area (TPSA) is 56.8 Å². The predicted molar refractivity (Wildman–Crippen MR) is 113 cm³/mol. The lowest BCUT2D eigenvalue weighted by Gasteiger charge is -2.21. The fraction of sp³-hybridized carbons (Fsp3) is 0.174. The summed E-state index contributed by atoms with van der Waals surface area (Å²) in [6.45, 7) is 1.01. The number of carbonyl (C=O) groups excluding carboxylic acids is 1. The van der Waals surface area contributed by atoms with Crippen LogP contribution in [0, 0.1) is 0 Å². The van der Waals surface area contributed by atoms with E-state index in [9.17, 15) is 4.79 Å². The fourth-order valence-electron chi connectivity index (χ4n) is 3.03. The number of fused-ring (bicyclic) bond motifs is 1. The number of nitrogens with one attached hydrogen (secondary N) is 1. The minimum absolute atomic E-state index is 0.107. The number of hydrogen-bond donors (Lipinski definition) is 1. The molecule has 3 aromatic rings. The molecule has 148 valence electrons. The van der Waals surface area contributed by atoms with Crippen LogP contribution in [-0.4, -0.2) is 26.2 Å². The van der Waals surface area contributed by atoms with Gasteiger partial charge in [0, 0.05) is 21.9 Å². The summed E-state index contributed by atoms with van der Waals surface area (Å²) in [5.41, 5.74) is 1.59. The van der Waals surface area contributed by atoms with Crippen molar-refractivity contribution in [3.8, 4) is 17.2 Å². The van der Waals surface area contributed by atoms with Crippen molar-refractivity contribution < 1.29 is 19.0 Å². The first-order valence-electron chi connectivity index (χ1n) is 9.30. The van der Waals surface area contributed by atoms with Gasteiger partial charge in [0.25, 0.3) is 0 Å². The molecule has 0 spiro atoms. The standard InChI is InChI=1S/C23H21NO4S/c1-26-17-7-5-6-16(12-17)13-23(25)24-19-14-20-21(28-11-10-27-20)15-22(19)29-18-8-3-2-4-9-18/h2-9,12,14-15H,10-11,13H2,1H3,(H,24,25). The molecule has 3 aromatic carbocycles. The van der Waals surface area contributed by atoms with E-state index in [0.29, 0.717) is 30.4 Å². The van der Waals surface area contributed by atoms with Crippen LogP contribution in [0.3, 0.4) is 0 Å². The van der Waals surface area contributed by atoms with Gasteiger partial charge in [0.2, 0.25) is 5.91 Å². The molecule has 1 aliphatic rings. The van der Waals surface area contributed by atoms with E-state index >= 15 is 0 Å². The zero-order valence-corrected chi connectivity index (χ0v) is 16.8. The Morgan fingerprint density at radius 1 is 1.00 bits per heavy atom. The highest BCUT2D eigenvalue weighted by atomic mass is 32.2. The number of amides is 1. The molecule has 29 heavy (non-hydrogen) atoms. The Balaban J connectivity index is 1.58. The highest BCUT2D eigenvalue weighted by Gasteiger charge is 2.18. The monoisotopic (exact) mass is 407 g/mol. The van der Waals surface area contributed by atoms with Gasteiger partial charge in [-0.1, -0.05) is 42.1 Å². The molecular weight excluding hydrogens is 386 g/mol. The zero-order valence-electron chi connectivity index (χ0n) is 16.0. The van der Waals surface area contributed by atoms with Gasteiger partial charge in [-0.3, -0.25) is 4.79 Å². The van der Waals surface area contributed by atoms with Gasteiger partial charge < -0.3 is 19.5 Å². The lowest BCUT2D eigenvalue weighted by molar-refractivity contribution is -0.115. The fourth-order valence-corrected chi connectivity index (χ4v) is 3.96. The van der Waals surface area contributed by atoms with E-state index in [2.05, 4.69) is 5.32 Å². The molecule has 1 N–H and O–H groups in total. The molecule has 0 atom stereocenters. The molecule has 0 unspecified atom stereocenters. The first kappa shape index (κ1) is 19.2. The second kappa shape index (κ2) is 8.92. The van der Waals surface area contributed by atoms with Gasteiger partial charge in [-0.25, -0.2) is 0 Å². The Morgan fingerprint density at radius 3 is 2.52 bits per heavy atom. The summed E-state index contributed by atoms with van der Waals surface area (Å²) in [6, 6.07) is 21.3. The lowest BCUT2D eigenvalue weighted by atomic mass is 10.1. The van der Waals surface area contributed by atoms with Gasteiger partial charge in [-0.2, -0.15) is 0 Å². The Kier molecular flexibility index (Phi) is 5.91. The summed E-state index contributed by atoms with van der Waals surface area (Å²) in [5, 5.41) is 3.03. The Hall–Kier alpha value is -3.12. The van der Waals surface area contributed by atoms with E-state index < -0.39 is 0 Å². The van der Waals surface area contributed by atoms with Crippen LogP contribution >= 0.6 is 11.8 Å². The normalized spacial score (nSPS) is 12.3. The summed E-state index contributed by atoms with van der Waals surface area (Å²) < 4.78 is 16.7. The minimum atomic E-state index is -0.107. The minimum Gasteiger partial charge on any atom is -0.497 e. The van der Waals surface area contributed by atoms with Gasteiger partial charge in [0.15, 0.2) is 11.5 Å². The first-order chi connectivity index (χ1) is 14.2. The quantitative estimate of drug-likeness (QED) is 0.636. The molecule has 6 heteroatoms. The van der Waals surface area contributed by atoms with E-state index in [1.54, 1.807) is 18.9 Å². The highest BCUT2D eigenvalue weighted by Crippen LogP contribution is 2.42. The van der Waals surface area contributed by atoms with Crippen molar-refractivity contribution in [3.63, 3.8) is 0 Å². The third-order valence-electron chi connectivity index (χ3n) is 4.39. The number of carbonyl (C=O) groups is 1. The second-order valence-electron chi connectivity index (χ2n) is 6.48. The maximum atomic E-state index is 12.7. The Bertz CT molecular complexity index is 1010. The van der Waals surface area contributed by atoms with Crippen LogP contribution in [0.25, 0.3) is 0 Å². The summed E-state index contributed by atoms with van der Waals surface area (Å²) in [5.74, 6) is 1.96. The number of hydrogen-bond acceptors (Lipinski definition) is 5. The third kappa shape index (κ3) is 4.84. The molecule has 0 aliphatic carbocycles. The summed E-state index contributed by atoms with van der Waals surface area (Å²) in [7, 11) is 1.61. The number of ether oxygens (including phenoxy) is 3. The van der Waals surface area contributed by atoms with Crippen molar-refractivity contribution in [2.75, 3.05) is 25.6 Å². The van der Waals surface area contributed by atoms with Crippen molar-refractivity contribution in [1.29, 1.82) is 0 Å². The zero-order chi connectivity index (χ0) is 20.1. The van der Waals surface area contributed by atoms with Gasteiger partial charge >= 0.3 is 0 Å². The molecule has 1 amide bonds. The van der Waals surface area contributed by atoms with Gasteiger partial charge in [-0.15, -0.1) is 0 Å². The van der Waals surface area contributed by atoms with Crippen LogP contribution in [-0.2, 0) is 11.2 Å². The van der Waals surface area contributed by atoms with E-state index in [1.165, 1.54) is 0 Å². The van der Waals surface area contributed by atoms with Crippen LogP contribution in [0.2, 0.25) is 0 Å². The highest BCUT2D eigenvalue weighted by molar-refractivity contribution is 7.99. The lowest BCUT2D eigenvalue weighted by Crippen LogP contribution is -2.18. The first-order valence-corrected chi connectivity index (χ1v) is 10.1. The number of anilines is 1. The number of benzene rings is 3. The van der Waals surface area contributed by atoms with Crippen LogP contribution in [0.5, 0.6) is 17.2 Å². The van der Waals surface area contributed by atoms with Crippen molar-refractivity contribution in [3.05, 3.63) is 72.3 Å². The number of rotatable bonds is 6. The SMILES string of the molecule is COc1cccc(CC(=O)Nc2cc3c(cc2Sc2ccccc2)OCCO3)c1. The van der Waals surface area contributed by atoms with Crippen LogP contribution < -0.4 is 19.5 Å². The molecule has 0 saturated carbocycles. The Morgan fingerprint density at radius 2 is 1.76 bits per heavy atom. The van der Waals surface area contributed by atoms with E-state index in [4.69, 9.17) is 14.2 Å². The van der Waals surface area contributed by atoms with Crippen molar-refractivity contribution >= 4 is 23.4 Å². The number of methoxy groups -OCH3 is 1. The molecular formula is C23H21NO4S. The Labute approximate surface area is 174 Å². The van der Waals surface area contributed by atoms with Crippen LogP contribution in [0.4, 0.5) is 5.69 Å². The third-order valence-corrected chi connectivity index (χ3v) is 5.45. The van der Waals surface area contributed by atoms with Gasteiger partial charge in [0.1, 0.15) is 19.0 Å². The average Bonchev–Trinajstić information content (AvgIpc) is 2.75. The summed E-state index contributed by atoms with van der Waals surface area (Å²) in [4.78, 5) is 14.7. The van der Waals surface area contributed by atoms with Crippen molar-refractivity contribution in [2.24, 2.45) is 0 Å². The van der Waals surface area contributed by atoms with E-state index in [-0.39, 0.29) is 12.3 Å². The van der Waals surface area contributed by atoms with Crippen molar-refractivity contribution in [2.45, 2.75) is 16.2 Å². The van der Waals surface area contributed by atoms with E-state index in [1.807, 2.05) is 66.7 Å². The smallest absolute Gasteiger partial charge is 0.228 e. The molecule has 0 fully saturated rings. The molecule has 1 aliphatic heterocycles. The largest absolute Gasteiger partial charge is 0.497 e.